The summed E-state index contributed by atoms with van der Waals surface area (Å²) in [6.07, 6.45) is 1.70. The molecule has 0 unspecified atom stereocenters. The van der Waals surface area contributed by atoms with Gasteiger partial charge in [0.15, 0.2) is 5.13 Å². The zero-order chi connectivity index (χ0) is 12.8. The Labute approximate surface area is 111 Å². The summed E-state index contributed by atoms with van der Waals surface area (Å²) < 4.78 is -1.03. The maximum Gasteiger partial charge on any atom is 0.260 e. The predicted molar refractivity (Wildman–Crippen MR) is 66.4 cm³/mol. The molecule has 1 aromatic heterocycles. The van der Waals surface area contributed by atoms with E-state index >= 15 is 0 Å². The predicted octanol–water partition coefficient (Wildman–Crippen LogP) is 1.76. The van der Waals surface area contributed by atoms with E-state index in [2.05, 4.69) is 10.3 Å². The second-order valence-electron chi connectivity index (χ2n) is 4.06. The summed E-state index contributed by atoms with van der Waals surface area (Å²) in [6, 6.07) is 0. The monoisotopic (exact) mass is 293 g/mol. The molecule has 0 aliphatic heterocycles. The second kappa shape index (κ2) is 3.83. The number of hydrogen-bond donors (Lipinski definition) is 2. The summed E-state index contributed by atoms with van der Waals surface area (Å²) >= 11 is 12.8. The summed E-state index contributed by atoms with van der Waals surface area (Å²) in [4.78, 5) is 26.9. The van der Waals surface area contributed by atoms with Crippen molar-refractivity contribution in [1.29, 1.82) is 0 Å². The molecule has 3 N–H and O–H groups in total. The lowest BCUT2D eigenvalue weighted by atomic mass is 10.1. The Morgan fingerprint density at radius 1 is 1.59 bits per heavy atom. The number of hydrogen-bond acceptors (Lipinski definition) is 4. The minimum atomic E-state index is -1.03. The molecule has 1 aliphatic carbocycles. The molecular formula is C9H9Cl2N3O2S. The van der Waals surface area contributed by atoms with E-state index < -0.39 is 15.7 Å². The molecular weight excluding hydrogens is 285 g/mol. The van der Waals surface area contributed by atoms with Crippen LogP contribution in [-0.4, -0.2) is 21.1 Å². The molecule has 17 heavy (non-hydrogen) atoms. The number of nitrogens with zero attached hydrogens (tertiary/aromatic N) is 1. The number of halogens is 2. The highest BCUT2D eigenvalue weighted by atomic mass is 35.5. The van der Waals surface area contributed by atoms with Gasteiger partial charge in [0, 0.05) is 0 Å². The number of aromatic nitrogens is 1. The summed E-state index contributed by atoms with van der Waals surface area (Å²) in [5, 5.41) is 2.87. The molecule has 1 aliphatic rings. The third-order valence-corrected chi connectivity index (χ3v) is 4.76. The van der Waals surface area contributed by atoms with Crippen LogP contribution in [0.25, 0.3) is 0 Å². The average Bonchev–Trinajstić information content (AvgIpc) is 2.63. The van der Waals surface area contributed by atoms with E-state index in [4.69, 9.17) is 28.9 Å². The quantitative estimate of drug-likeness (QED) is 0.833. The zero-order valence-corrected chi connectivity index (χ0v) is 11.1. The Morgan fingerprint density at radius 2 is 2.18 bits per heavy atom. The standard InChI is InChI=1S/C9H9Cl2N3O2S/c1-8(3-9(8,10)11)6(16)14-7-13-2-4(17-7)5(12)15/h2H,3H2,1H3,(H2,12,15)(H,13,14,16)/t8-/m1/s1. The smallest absolute Gasteiger partial charge is 0.260 e. The molecule has 5 nitrogen and oxygen atoms in total. The highest BCUT2D eigenvalue weighted by Crippen LogP contribution is 2.64. The van der Waals surface area contributed by atoms with Gasteiger partial charge in [-0.2, -0.15) is 0 Å². The van der Waals surface area contributed by atoms with E-state index in [0.717, 1.165) is 11.3 Å². The number of primary amides is 1. The van der Waals surface area contributed by atoms with Crippen LogP contribution in [0, 0.1) is 5.41 Å². The van der Waals surface area contributed by atoms with E-state index in [1.165, 1.54) is 6.20 Å². The van der Waals surface area contributed by atoms with Crippen LogP contribution in [-0.2, 0) is 4.79 Å². The minimum Gasteiger partial charge on any atom is -0.365 e. The molecule has 0 spiro atoms. The van der Waals surface area contributed by atoms with Crippen molar-refractivity contribution in [2.24, 2.45) is 11.1 Å². The second-order valence-corrected chi connectivity index (χ2v) is 6.58. The van der Waals surface area contributed by atoms with E-state index in [9.17, 15) is 9.59 Å². The average molecular weight is 294 g/mol. The van der Waals surface area contributed by atoms with Gasteiger partial charge in [-0.15, -0.1) is 23.2 Å². The third-order valence-electron chi connectivity index (χ3n) is 2.73. The number of anilines is 1. The molecule has 0 saturated heterocycles. The van der Waals surface area contributed by atoms with Crippen LogP contribution in [0.3, 0.4) is 0 Å². The molecule has 2 rings (SSSR count). The van der Waals surface area contributed by atoms with Crippen LogP contribution in [0.2, 0.25) is 0 Å². The molecule has 1 aromatic rings. The van der Waals surface area contributed by atoms with Gasteiger partial charge in [0.05, 0.1) is 11.6 Å². The summed E-state index contributed by atoms with van der Waals surface area (Å²) in [5.74, 6) is -0.891. The lowest BCUT2D eigenvalue weighted by molar-refractivity contribution is -0.120. The molecule has 0 aromatic carbocycles. The van der Waals surface area contributed by atoms with Gasteiger partial charge >= 0.3 is 0 Å². The molecule has 8 heteroatoms. The normalized spacial score (nSPS) is 25.4. The summed E-state index contributed by atoms with van der Waals surface area (Å²) in [6.45, 7) is 1.67. The topological polar surface area (TPSA) is 85.1 Å². The largest absolute Gasteiger partial charge is 0.365 e. The van der Waals surface area contributed by atoms with Crippen LogP contribution >= 0.6 is 34.5 Å². The van der Waals surface area contributed by atoms with E-state index in [1.807, 2.05) is 0 Å². The Hall–Kier alpha value is -0.850. The molecule has 1 heterocycles. The van der Waals surface area contributed by atoms with Gasteiger partial charge in [-0.05, 0) is 13.3 Å². The molecule has 0 bridgehead atoms. The molecule has 1 fully saturated rings. The van der Waals surface area contributed by atoms with Crippen LogP contribution in [0.15, 0.2) is 6.20 Å². The van der Waals surface area contributed by atoms with Crippen molar-refractivity contribution in [1.82, 2.24) is 4.98 Å². The van der Waals surface area contributed by atoms with Crippen molar-refractivity contribution < 1.29 is 9.59 Å². The summed E-state index contributed by atoms with van der Waals surface area (Å²) in [7, 11) is 0. The lowest BCUT2D eigenvalue weighted by Gasteiger charge is -2.10. The van der Waals surface area contributed by atoms with Crippen molar-refractivity contribution in [3.63, 3.8) is 0 Å². The maximum absolute atomic E-state index is 11.9. The van der Waals surface area contributed by atoms with Gasteiger partial charge in [0.1, 0.15) is 9.21 Å². The van der Waals surface area contributed by atoms with Crippen LogP contribution < -0.4 is 11.1 Å². The van der Waals surface area contributed by atoms with Gasteiger partial charge in [-0.1, -0.05) is 11.3 Å². The maximum atomic E-state index is 11.9. The van der Waals surface area contributed by atoms with Crippen molar-refractivity contribution in [2.45, 2.75) is 17.7 Å². The first-order valence-corrected chi connectivity index (χ1v) is 6.28. The van der Waals surface area contributed by atoms with Gasteiger partial charge in [-0.3, -0.25) is 9.59 Å². The third kappa shape index (κ3) is 2.12. The number of alkyl halides is 2. The number of thiazole rings is 1. The number of nitrogens with two attached hydrogens (primary N) is 1. The van der Waals surface area contributed by atoms with Crippen LogP contribution in [0.1, 0.15) is 23.0 Å². The minimum absolute atomic E-state index is 0.282. The van der Waals surface area contributed by atoms with E-state index in [0.29, 0.717) is 11.6 Å². The zero-order valence-electron chi connectivity index (χ0n) is 8.79. The number of rotatable bonds is 3. The fourth-order valence-electron chi connectivity index (χ4n) is 1.33. The van der Waals surface area contributed by atoms with E-state index in [1.54, 1.807) is 6.92 Å². The van der Waals surface area contributed by atoms with Gasteiger partial charge in [-0.25, -0.2) is 4.98 Å². The van der Waals surface area contributed by atoms with Crippen LogP contribution in [0.5, 0.6) is 0 Å². The molecule has 1 saturated carbocycles. The SMILES string of the molecule is C[C@]1(C(=O)Nc2ncc(C(N)=O)s2)CC1(Cl)Cl. The van der Waals surface area contributed by atoms with Crippen molar-refractivity contribution in [3.05, 3.63) is 11.1 Å². The number of amides is 2. The highest BCUT2D eigenvalue weighted by Gasteiger charge is 2.68. The number of nitrogens with one attached hydrogen (secondary N) is 1. The van der Waals surface area contributed by atoms with Gasteiger partial charge in [0.2, 0.25) is 5.91 Å². The first-order valence-electron chi connectivity index (χ1n) is 4.71. The number of carbonyl (C=O) groups excluding carboxylic acids is 2. The van der Waals surface area contributed by atoms with Crippen molar-refractivity contribution in [3.8, 4) is 0 Å². The van der Waals surface area contributed by atoms with Gasteiger partial charge in [0.25, 0.3) is 5.91 Å². The Kier molecular flexibility index (Phi) is 2.84. The number of carbonyl (C=O) groups is 2. The molecule has 0 radical (unpaired) electrons. The van der Waals surface area contributed by atoms with Crippen molar-refractivity contribution >= 4 is 51.5 Å². The van der Waals surface area contributed by atoms with Crippen molar-refractivity contribution in [2.75, 3.05) is 5.32 Å². The first kappa shape index (κ1) is 12.6. The first-order chi connectivity index (χ1) is 7.76. The van der Waals surface area contributed by atoms with Gasteiger partial charge < -0.3 is 11.1 Å². The molecule has 92 valence electrons. The molecule has 2 amide bonds. The Morgan fingerprint density at radius 3 is 2.59 bits per heavy atom. The Balaban J connectivity index is 2.07. The fraction of sp³-hybridized carbons (Fsp3) is 0.444. The van der Waals surface area contributed by atoms with E-state index in [-0.39, 0.29) is 10.8 Å². The lowest BCUT2D eigenvalue weighted by Crippen LogP contribution is -2.25. The fourth-order valence-corrected chi connectivity index (χ4v) is 2.70. The van der Waals surface area contributed by atoms with Crippen LogP contribution in [0.4, 0.5) is 5.13 Å². The Bertz CT molecular complexity index is 502. The molecule has 1 atom stereocenters. The summed E-state index contributed by atoms with van der Waals surface area (Å²) in [5.41, 5.74) is 4.26. The highest BCUT2D eigenvalue weighted by molar-refractivity contribution is 7.17.